The lowest BCUT2D eigenvalue weighted by Gasteiger charge is -2.21. The van der Waals surface area contributed by atoms with Crippen LogP contribution in [0.2, 0.25) is 0 Å². The molecule has 0 radical (unpaired) electrons. The van der Waals surface area contributed by atoms with Crippen LogP contribution in [0.5, 0.6) is 0 Å². The molecule has 1 atom stereocenters. The molecule has 1 aromatic heterocycles. The minimum absolute atomic E-state index is 0.136. The summed E-state index contributed by atoms with van der Waals surface area (Å²) in [6, 6.07) is 0. The lowest BCUT2D eigenvalue weighted by molar-refractivity contribution is 0.0535. The van der Waals surface area contributed by atoms with Crippen LogP contribution >= 0.6 is 0 Å². The number of nitrogens with one attached hydrogen (secondary N) is 2. The van der Waals surface area contributed by atoms with Crippen molar-refractivity contribution in [2.45, 2.75) is 39.0 Å². The lowest BCUT2D eigenvalue weighted by Crippen LogP contribution is -2.33. The number of carbonyl (C=O) groups is 1. The zero-order valence-electron chi connectivity index (χ0n) is 11.8. The van der Waals surface area contributed by atoms with Crippen molar-refractivity contribution in [1.29, 1.82) is 0 Å². The van der Waals surface area contributed by atoms with Crippen LogP contribution in [0, 0.1) is 5.92 Å². The third kappa shape index (κ3) is 3.76. The molecular formula is C13H22N4O2. The molecule has 6 heteroatoms. The smallest absolute Gasteiger partial charge is 0.290 e. The Morgan fingerprint density at radius 3 is 2.89 bits per heavy atom. The molecule has 1 saturated heterocycles. The molecule has 1 aromatic rings. The molecule has 0 saturated carbocycles. The maximum Gasteiger partial charge on any atom is 0.290 e. The lowest BCUT2D eigenvalue weighted by atomic mass is 9.96. The summed E-state index contributed by atoms with van der Waals surface area (Å²) in [6.45, 7) is 8.25. The average molecular weight is 266 g/mol. The molecule has 106 valence electrons. The summed E-state index contributed by atoms with van der Waals surface area (Å²) in [7, 11) is 0. The van der Waals surface area contributed by atoms with E-state index in [9.17, 15) is 4.79 Å². The Morgan fingerprint density at radius 1 is 1.53 bits per heavy atom. The number of aromatic amines is 1. The summed E-state index contributed by atoms with van der Waals surface area (Å²) in [4.78, 5) is 16.2. The Bertz CT molecular complexity index is 430. The summed E-state index contributed by atoms with van der Waals surface area (Å²) >= 11 is 0. The minimum atomic E-state index is -0.225. The number of ether oxygens (including phenoxy) is 1. The first kappa shape index (κ1) is 14.0. The summed E-state index contributed by atoms with van der Waals surface area (Å²) in [5.41, 5.74) is -0.136. The number of nitrogens with zero attached hydrogens (tertiary/aromatic N) is 2. The molecular weight excluding hydrogens is 244 g/mol. The molecule has 2 rings (SSSR count). The third-order valence-corrected chi connectivity index (χ3v) is 3.20. The largest absolute Gasteiger partial charge is 0.381 e. The highest BCUT2D eigenvalue weighted by Crippen LogP contribution is 2.17. The quantitative estimate of drug-likeness (QED) is 0.863. The van der Waals surface area contributed by atoms with E-state index in [0.717, 1.165) is 31.9 Å². The molecule has 0 bridgehead atoms. The maximum absolute atomic E-state index is 11.9. The molecule has 0 aliphatic carbocycles. The molecule has 6 nitrogen and oxygen atoms in total. The number of H-pyrrole nitrogens is 1. The van der Waals surface area contributed by atoms with Crippen LogP contribution in [0.25, 0.3) is 0 Å². The molecule has 1 fully saturated rings. The van der Waals surface area contributed by atoms with Crippen molar-refractivity contribution in [3.8, 4) is 0 Å². The number of amides is 1. The van der Waals surface area contributed by atoms with E-state index >= 15 is 0 Å². The fraction of sp³-hybridized carbons (Fsp3) is 0.769. The van der Waals surface area contributed by atoms with Gasteiger partial charge in [-0.1, -0.05) is 20.8 Å². The van der Waals surface area contributed by atoms with Gasteiger partial charge in [0.15, 0.2) is 0 Å². The monoisotopic (exact) mass is 266 g/mol. The van der Waals surface area contributed by atoms with Crippen LogP contribution in [-0.2, 0) is 10.2 Å². The van der Waals surface area contributed by atoms with Crippen LogP contribution in [0.4, 0.5) is 0 Å². The van der Waals surface area contributed by atoms with Crippen molar-refractivity contribution in [2.75, 3.05) is 19.8 Å². The van der Waals surface area contributed by atoms with Gasteiger partial charge in [-0.3, -0.25) is 9.89 Å². The fourth-order valence-corrected chi connectivity index (χ4v) is 1.98. The Hall–Kier alpha value is -1.43. The number of hydrogen-bond acceptors (Lipinski definition) is 4. The first-order valence-corrected chi connectivity index (χ1v) is 6.75. The highest BCUT2D eigenvalue weighted by molar-refractivity contribution is 5.90. The van der Waals surface area contributed by atoms with E-state index in [4.69, 9.17) is 4.74 Å². The van der Waals surface area contributed by atoms with Gasteiger partial charge in [0.05, 0.1) is 6.61 Å². The zero-order chi connectivity index (χ0) is 13.9. The Kier molecular flexibility index (Phi) is 4.19. The van der Waals surface area contributed by atoms with Gasteiger partial charge in [0.1, 0.15) is 5.82 Å². The van der Waals surface area contributed by atoms with Gasteiger partial charge in [-0.15, -0.1) is 5.10 Å². The highest BCUT2D eigenvalue weighted by atomic mass is 16.5. The second kappa shape index (κ2) is 5.69. The number of carbonyl (C=O) groups excluding carboxylic acids is 1. The zero-order valence-corrected chi connectivity index (χ0v) is 11.8. The molecule has 0 spiro atoms. The number of aromatic nitrogens is 3. The predicted molar refractivity (Wildman–Crippen MR) is 71.0 cm³/mol. The Labute approximate surface area is 113 Å². The van der Waals surface area contributed by atoms with Crippen molar-refractivity contribution < 1.29 is 9.53 Å². The van der Waals surface area contributed by atoms with Gasteiger partial charge in [0.25, 0.3) is 5.91 Å². The van der Waals surface area contributed by atoms with Gasteiger partial charge in [-0.2, -0.15) is 0 Å². The van der Waals surface area contributed by atoms with Crippen molar-refractivity contribution in [1.82, 2.24) is 20.5 Å². The van der Waals surface area contributed by atoms with E-state index in [1.165, 1.54) is 0 Å². The van der Waals surface area contributed by atoms with Crippen LogP contribution in [-0.4, -0.2) is 40.8 Å². The van der Waals surface area contributed by atoms with Crippen molar-refractivity contribution in [3.05, 3.63) is 11.6 Å². The topological polar surface area (TPSA) is 79.9 Å². The van der Waals surface area contributed by atoms with Gasteiger partial charge in [-0.25, -0.2) is 4.98 Å². The van der Waals surface area contributed by atoms with Crippen molar-refractivity contribution in [2.24, 2.45) is 5.92 Å². The van der Waals surface area contributed by atoms with Gasteiger partial charge in [0.2, 0.25) is 5.82 Å². The SMILES string of the molecule is CC(C)(C)c1nc(C(=O)NCC2CCCOC2)n[nH]1. The summed E-state index contributed by atoms with van der Waals surface area (Å²) in [6.07, 6.45) is 2.16. The molecule has 19 heavy (non-hydrogen) atoms. The van der Waals surface area contributed by atoms with E-state index in [1.807, 2.05) is 20.8 Å². The van der Waals surface area contributed by atoms with Crippen LogP contribution in [0.15, 0.2) is 0 Å². The van der Waals surface area contributed by atoms with E-state index in [-0.39, 0.29) is 17.1 Å². The summed E-state index contributed by atoms with van der Waals surface area (Å²) < 4.78 is 5.38. The van der Waals surface area contributed by atoms with E-state index < -0.39 is 0 Å². The fourth-order valence-electron chi connectivity index (χ4n) is 1.98. The minimum Gasteiger partial charge on any atom is -0.381 e. The first-order valence-electron chi connectivity index (χ1n) is 6.75. The standard InChI is InChI=1S/C13H22N4O2/c1-13(2,3)12-15-10(16-17-12)11(18)14-7-9-5-4-6-19-8-9/h9H,4-8H2,1-3H3,(H,14,18)(H,15,16,17). The molecule has 1 aliphatic heterocycles. The highest BCUT2D eigenvalue weighted by Gasteiger charge is 2.22. The summed E-state index contributed by atoms with van der Waals surface area (Å²) in [5, 5.41) is 9.65. The number of rotatable bonds is 3. The second-order valence-electron chi connectivity index (χ2n) is 6.05. The molecule has 2 heterocycles. The first-order chi connectivity index (χ1) is 8.97. The molecule has 2 N–H and O–H groups in total. The average Bonchev–Trinajstić information content (AvgIpc) is 2.87. The second-order valence-corrected chi connectivity index (χ2v) is 6.05. The number of hydrogen-bond donors (Lipinski definition) is 2. The van der Waals surface area contributed by atoms with E-state index in [0.29, 0.717) is 12.5 Å². The molecule has 0 aromatic carbocycles. The maximum atomic E-state index is 11.9. The molecule has 1 amide bonds. The van der Waals surface area contributed by atoms with Crippen LogP contribution in [0.3, 0.4) is 0 Å². The predicted octanol–water partition coefficient (Wildman–Crippen LogP) is 1.26. The van der Waals surface area contributed by atoms with E-state index in [1.54, 1.807) is 0 Å². The molecule has 1 aliphatic rings. The third-order valence-electron chi connectivity index (χ3n) is 3.20. The van der Waals surface area contributed by atoms with Gasteiger partial charge in [0, 0.05) is 18.6 Å². The van der Waals surface area contributed by atoms with Crippen molar-refractivity contribution >= 4 is 5.91 Å². The van der Waals surface area contributed by atoms with Crippen LogP contribution in [0.1, 0.15) is 50.1 Å². The van der Waals surface area contributed by atoms with Gasteiger partial charge < -0.3 is 10.1 Å². The molecule has 1 unspecified atom stereocenters. The van der Waals surface area contributed by atoms with Crippen molar-refractivity contribution in [3.63, 3.8) is 0 Å². The summed E-state index contributed by atoms with van der Waals surface area (Å²) in [5.74, 6) is 1.11. The Morgan fingerprint density at radius 2 is 2.32 bits per heavy atom. The van der Waals surface area contributed by atoms with Gasteiger partial charge >= 0.3 is 0 Å². The van der Waals surface area contributed by atoms with E-state index in [2.05, 4.69) is 20.5 Å². The Balaban J connectivity index is 1.87. The van der Waals surface area contributed by atoms with Crippen LogP contribution < -0.4 is 5.32 Å². The normalized spacial score (nSPS) is 20.3. The van der Waals surface area contributed by atoms with Gasteiger partial charge in [-0.05, 0) is 18.8 Å².